The third kappa shape index (κ3) is 3.24. The predicted octanol–water partition coefficient (Wildman–Crippen LogP) is 3.63. The van der Waals surface area contributed by atoms with Crippen LogP contribution in [0.3, 0.4) is 0 Å². The molecule has 20 heavy (non-hydrogen) atoms. The van der Waals surface area contributed by atoms with E-state index in [1.54, 1.807) is 26.4 Å². The summed E-state index contributed by atoms with van der Waals surface area (Å²) < 4.78 is 10.4. The lowest BCUT2D eigenvalue weighted by atomic mass is 10.0. The van der Waals surface area contributed by atoms with E-state index in [0.29, 0.717) is 28.5 Å². The molecule has 2 rings (SSSR count). The van der Waals surface area contributed by atoms with E-state index in [4.69, 9.17) is 21.1 Å². The van der Waals surface area contributed by atoms with Crippen molar-refractivity contribution in [1.29, 1.82) is 0 Å². The van der Waals surface area contributed by atoms with Crippen molar-refractivity contribution in [2.24, 2.45) is 0 Å². The Kier molecular flexibility index (Phi) is 4.88. The van der Waals surface area contributed by atoms with Gasteiger partial charge in [0.2, 0.25) is 0 Å². The number of ether oxygens (including phenoxy) is 2. The highest BCUT2D eigenvalue weighted by molar-refractivity contribution is 6.31. The van der Waals surface area contributed by atoms with Crippen LogP contribution in [0.1, 0.15) is 17.2 Å². The van der Waals surface area contributed by atoms with E-state index in [9.17, 15) is 5.11 Å². The molecular weight excluding hydrogens is 276 g/mol. The van der Waals surface area contributed by atoms with Crippen LogP contribution in [0.15, 0.2) is 42.5 Å². The van der Waals surface area contributed by atoms with Gasteiger partial charge < -0.3 is 14.6 Å². The lowest BCUT2D eigenvalue weighted by molar-refractivity contribution is 0.178. The van der Waals surface area contributed by atoms with Gasteiger partial charge in [0.1, 0.15) is 0 Å². The molecule has 0 saturated carbocycles. The number of aliphatic hydroxyl groups is 1. The van der Waals surface area contributed by atoms with Crippen LogP contribution in [0.4, 0.5) is 0 Å². The number of benzene rings is 2. The largest absolute Gasteiger partial charge is 0.493 e. The second kappa shape index (κ2) is 6.64. The van der Waals surface area contributed by atoms with Crippen molar-refractivity contribution < 1.29 is 14.6 Å². The molecule has 1 atom stereocenters. The molecule has 0 heterocycles. The Morgan fingerprint density at radius 2 is 1.65 bits per heavy atom. The molecular formula is C16H17ClO3. The fourth-order valence-electron chi connectivity index (χ4n) is 2.07. The molecule has 0 bridgehead atoms. The Hall–Kier alpha value is -1.71. The van der Waals surface area contributed by atoms with Crippen LogP contribution in [-0.2, 0) is 6.42 Å². The monoisotopic (exact) mass is 292 g/mol. The zero-order valence-corrected chi connectivity index (χ0v) is 12.2. The van der Waals surface area contributed by atoms with Gasteiger partial charge in [-0.3, -0.25) is 0 Å². The van der Waals surface area contributed by atoms with Gasteiger partial charge in [-0.2, -0.15) is 0 Å². The molecule has 0 amide bonds. The van der Waals surface area contributed by atoms with Crippen molar-refractivity contribution in [3.8, 4) is 11.5 Å². The van der Waals surface area contributed by atoms with Crippen LogP contribution >= 0.6 is 11.6 Å². The van der Waals surface area contributed by atoms with Crippen molar-refractivity contribution in [1.82, 2.24) is 0 Å². The van der Waals surface area contributed by atoms with Gasteiger partial charge in [0.25, 0.3) is 0 Å². The molecule has 2 aromatic carbocycles. The molecule has 106 valence electrons. The van der Waals surface area contributed by atoms with Gasteiger partial charge in [0.05, 0.1) is 25.3 Å². The Balaban J connectivity index is 2.27. The van der Waals surface area contributed by atoms with Crippen molar-refractivity contribution in [3.63, 3.8) is 0 Å². The van der Waals surface area contributed by atoms with Gasteiger partial charge in [0.15, 0.2) is 11.5 Å². The summed E-state index contributed by atoms with van der Waals surface area (Å²) in [7, 11) is 3.10. The Morgan fingerprint density at radius 1 is 1.05 bits per heavy atom. The molecule has 0 radical (unpaired) electrons. The third-order valence-corrected chi connectivity index (χ3v) is 3.46. The smallest absolute Gasteiger partial charge is 0.162 e. The molecule has 0 fully saturated rings. The third-order valence-electron chi connectivity index (χ3n) is 3.13. The summed E-state index contributed by atoms with van der Waals surface area (Å²) in [4.78, 5) is 0. The van der Waals surface area contributed by atoms with Crippen molar-refractivity contribution in [2.75, 3.05) is 14.2 Å². The van der Waals surface area contributed by atoms with Gasteiger partial charge >= 0.3 is 0 Å². The van der Waals surface area contributed by atoms with E-state index >= 15 is 0 Å². The Bertz CT molecular complexity index is 569. The van der Waals surface area contributed by atoms with Crippen molar-refractivity contribution >= 4 is 11.6 Å². The summed E-state index contributed by atoms with van der Waals surface area (Å²) in [5, 5.41) is 10.8. The molecule has 0 saturated heterocycles. The summed E-state index contributed by atoms with van der Waals surface area (Å²) in [6.45, 7) is 0. The maximum Gasteiger partial charge on any atom is 0.162 e. The number of aliphatic hydroxyl groups excluding tert-OH is 1. The highest BCUT2D eigenvalue weighted by Gasteiger charge is 2.16. The molecule has 4 heteroatoms. The first-order valence-electron chi connectivity index (χ1n) is 6.29. The summed E-state index contributed by atoms with van der Waals surface area (Å²) in [6.07, 6.45) is -0.194. The van der Waals surface area contributed by atoms with Gasteiger partial charge in [-0.05, 0) is 11.6 Å². The van der Waals surface area contributed by atoms with Gasteiger partial charge in [-0.1, -0.05) is 41.9 Å². The number of methoxy groups -OCH3 is 2. The highest BCUT2D eigenvalue weighted by atomic mass is 35.5. The van der Waals surface area contributed by atoms with Crippen LogP contribution in [0.2, 0.25) is 5.02 Å². The van der Waals surface area contributed by atoms with E-state index in [1.165, 1.54) is 0 Å². The van der Waals surface area contributed by atoms with Gasteiger partial charge in [0, 0.05) is 18.1 Å². The summed E-state index contributed by atoms with van der Waals surface area (Å²) >= 11 is 6.20. The molecule has 0 aromatic heterocycles. The molecule has 0 aliphatic rings. The Morgan fingerprint density at radius 3 is 2.25 bits per heavy atom. The van der Waals surface area contributed by atoms with Crippen molar-refractivity contribution in [2.45, 2.75) is 12.5 Å². The standard InChI is InChI=1S/C16H17ClO3/c1-19-15-9-12(13(17)10-16(15)20-2)14(18)8-11-6-4-3-5-7-11/h3-7,9-10,14,18H,8H2,1-2H3. The average Bonchev–Trinajstić information content (AvgIpc) is 2.47. The molecule has 1 unspecified atom stereocenters. The second-order valence-corrected chi connectivity index (χ2v) is 4.84. The SMILES string of the molecule is COc1cc(Cl)c(C(O)Cc2ccccc2)cc1OC. The fraction of sp³-hybridized carbons (Fsp3) is 0.250. The minimum atomic E-state index is -0.690. The van der Waals surface area contributed by atoms with Gasteiger partial charge in [-0.25, -0.2) is 0 Å². The first-order valence-corrected chi connectivity index (χ1v) is 6.67. The van der Waals surface area contributed by atoms with Crippen molar-refractivity contribution in [3.05, 3.63) is 58.6 Å². The quantitative estimate of drug-likeness (QED) is 0.914. The minimum absolute atomic E-state index is 0.464. The first kappa shape index (κ1) is 14.7. The summed E-state index contributed by atoms with van der Waals surface area (Å²) in [5.74, 6) is 1.10. The van der Waals surface area contributed by atoms with E-state index in [1.807, 2.05) is 30.3 Å². The van der Waals surface area contributed by atoms with Crippen LogP contribution in [0, 0.1) is 0 Å². The predicted molar refractivity (Wildman–Crippen MR) is 79.7 cm³/mol. The van der Waals surface area contributed by atoms with Crippen LogP contribution in [-0.4, -0.2) is 19.3 Å². The zero-order valence-electron chi connectivity index (χ0n) is 11.5. The average molecular weight is 293 g/mol. The summed E-state index contributed by atoms with van der Waals surface area (Å²) in [6, 6.07) is 13.1. The molecule has 0 aliphatic heterocycles. The zero-order chi connectivity index (χ0) is 14.5. The van der Waals surface area contributed by atoms with Crippen LogP contribution in [0.25, 0.3) is 0 Å². The fourth-order valence-corrected chi connectivity index (χ4v) is 2.35. The lowest BCUT2D eigenvalue weighted by Gasteiger charge is -2.16. The normalized spacial score (nSPS) is 12.0. The minimum Gasteiger partial charge on any atom is -0.493 e. The summed E-state index contributed by atoms with van der Waals surface area (Å²) in [5.41, 5.74) is 1.68. The van der Waals surface area contributed by atoms with E-state index in [-0.39, 0.29) is 0 Å². The number of hydrogen-bond donors (Lipinski definition) is 1. The molecule has 3 nitrogen and oxygen atoms in total. The van der Waals surface area contributed by atoms with Gasteiger partial charge in [-0.15, -0.1) is 0 Å². The number of hydrogen-bond acceptors (Lipinski definition) is 3. The van der Waals surface area contributed by atoms with E-state index < -0.39 is 6.10 Å². The maximum absolute atomic E-state index is 10.4. The van der Waals surface area contributed by atoms with Crippen LogP contribution < -0.4 is 9.47 Å². The second-order valence-electron chi connectivity index (χ2n) is 4.43. The number of rotatable bonds is 5. The molecule has 0 aliphatic carbocycles. The topological polar surface area (TPSA) is 38.7 Å². The molecule has 2 aromatic rings. The molecule has 0 spiro atoms. The molecule has 1 N–H and O–H groups in total. The maximum atomic E-state index is 10.4. The van der Waals surface area contributed by atoms with Crippen LogP contribution in [0.5, 0.6) is 11.5 Å². The Labute approximate surface area is 123 Å². The van der Waals surface area contributed by atoms with E-state index in [0.717, 1.165) is 5.56 Å². The first-order chi connectivity index (χ1) is 9.65. The van der Waals surface area contributed by atoms with E-state index in [2.05, 4.69) is 0 Å². The lowest BCUT2D eigenvalue weighted by Crippen LogP contribution is -2.04. The number of halogens is 1. The highest BCUT2D eigenvalue weighted by Crippen LogP contribution is 2.36.